The van der Waals surface area contributed by atoms with Crippen molar-refractivity contribution < 1.29 is 0 Å². The Labute approximate surface area is 110 Å². The molecule has 1 aliphatic rings. The van der Waals surface area contributed by atoms with Crippen molar-refractivity contribution >= 4 is 5.69 Å². The molecule has 18 heavy (non-hydrogen) atoms. The van der Waals surface area contributed by atoms with Gasteiger partial charge >= 0.3 is 0 Å². The smallest absolute Gasteiger partial charge is 0.0643 e. The molecule has 1 aromatic rings. The van der Waals surface area contributed by atoms with Crippen LogP contribution >= 0.6 is 0 Å². The van der Waals surface area contributed by atoms with Crippen LogP contribution in [0.15, 0.2) is 18.2 Å². The number of hydrogen-bond acceptors (Lipinski definition) is 3. The normalized spacial score (nSPS) is 20.8. The first-order valence-electron chi connectivity index (χ1n) is 6.51. The van der Waals surface area contributed by atoms with Gasteiger partial charge in [0.15, 0.2) is 0 Å². The van der Waals surface area contributed by atoms with Crippen LogP contribution in [0.4, 0.5) is 5.69 Å². The van der Waals surface area contributed by atoms with Crippen LogP contribution in [0.5, 0.6) is 0 Å². The van der Waals surface area contributed by atoms with Gasteiger partial charge in [-0.2, -0.15) is 5.26 Å². The molecule has 3 heteroatoms. The molecule has 1 heterocycles. The molecule has 0 radical (unpaired) electrons. The second-order valence-electron chi connectivity index (χ2n) is 5.26. The van der Waals surface area contributed by atoms with Gasteiger partial charge in [-0.25, -0.2) is 0 Å². The van der Waals surface area contributed by atoms with E-state index in [0.717, 1.165) is 19.6 Å². The van der Waals surface area contributed by atoms with Gasteiger partial charge in [0.2, 0.25) is 0 Å². The van der Waals surface area contributed by atoms with Crippen molar-refractivity contribution in [1.29, 1.82) is 5.26 Å². The summed E-state index contributed by atoms with van der Waals surface area (Å²) >= 11 is 0. The third kappa shape index (κ3) is 2.65. The number of nitriles is 1. The standard InChI is InChI=1S/C15H21N3/c1-12-4-5-15(13(2)10-12)18-9-8-17(3)11-14(18)6-7-16/h4-5,10,14H,6,8-9,11H2,1-3H3. The van der Waals surface area contributed by atoms with Gasteiger partial charge in [-0.15, -0.1) is 0 Å². The van der Waals surface area contributed by atoms with Gasteiger partial charge in [-0.1, -0.05) is 17.7 Å². The Bertz CT molecular complexity index is 461. The molecule has 0 aliphatic carbocycles. The monoisotopic (exact) mass is 243 g/mol. The first kappa shape index (κ1) is 12.9. The molecule has 0 N–H and O–H groups in total. The summed E-state index contributed by atoms with van der Waals surface area (Å²) < 4.78 is 0. The molecule has 3 nitrogen and oxygen atoms in total. The minimum atomic E-state index is 0.315. The van der Waals surface area contributed by atoms with Crippen LogP contribution in [-0.4, -0.2) is 37.6 Å². The maximum atomic E-state index is 8.99. The van der Waals surface area contributed by atoms with E-state index < -0.39 is 0 Å². The number of aryl methyl sites for hydroxylation is 2. The Hall–Kier alpha value is -1.53. The summed E-state index contributed by atoms with van der Waals surface area (Å²) in [5.41, 5.74) is 3.89. The molecule has 1 atom stereocenters. The van der Waals surface area contributed by atoms with E-state index in [2.05, 4.69) is 55.0 Å². The van der Waals surface area contributed by atoms with E-state index in [1.807, 2.05) is 0 Å². The maximum absolute atomic E-state index is 8.99. The van der Waals surface area contributed by atoms with E-state index >= 15 is 0 Å². The topological polar surface area (TPSA) is 30.3 Å². The summed E-state index contributed by atoms with van der Waals surface area (Å²) in [6.45, 7) is 7.32. The van der Waals surface area contributed by atoms with Gasteiger partial charge in [-0.05, 0) is 32.5 Å². The van der Waals surface area contributed by atoms with Crippen molar-refractivity contribution in [3.8, 4) is 6.07 Å². The Balaban J connectivity index is 2.27. The van der Waals surface area contributed by atoms with Gasteiger partial charge in [0.25, 0.3) is 0 Å². The van der Waals surface area contributed by atoms with E-state index in [1.165, 1.54) is 16.8 Å². The molecule has 1 saturated heterocycles. The van der Waals surface area contributed by atoms with E-state index in [0.29, 0.717) is 12.5 Å². The molecule has 0 aromatic heterocycles. The average molecular weight is 243 g/mol. The third-order valence-electron chi connectivity index (χ3n) is 3.67. The highest BCUT2D eigenvalue weighted by molar-refractivity contribution is 5.55. The summed E-state index contributed by atoms with van der Waals surface area (Å²) in [5.74, 6) is 0. The number of benzene rings is 1. The summed E-state index contributed by atoms with van der Waals surface area (Å²) in [6, 6.07) is 9.21. The zero-order valence-corrected chi connectivity index (χ0v) is 11.5. The van der Waals surface area contributed by atoms with E-state index in [4.69, 9.17) is 5.26 Å². The molecular weight excluding hydrogens is 222 g/mol. The fraction of sp³-hybridized carbons (Fsp3) is 0.533. The zero-order chi connectivity index (χ0) is 13.1. The summed E-state index contributed by atoms with van der Waals surface area (Å²) in [6.07, 6.45) is 0.595. The van der Waals surface area contributed by atoms with Crippen molar-refractivity contribution in [2.45, 2.75) is 26.3 Å². The molecule has 0 spiro atoms. The fourth-order valence-electron chi connectivity index (χ4n) is 2.74. The lowest BCUT2D eigenvalue weighted by atomic mass is 10.0. The molecule has 0 saturated carbocycles. The van der Waals surface area contributed by atoms with Crippen LogP contribution < -0.4 is 4.90 Å². The van der Waals surface area contributed by atoms with Crippen LogP contribution in [0.3, 0.4) is 0 Å². The van der Waals surface area contributed by atoms with Crippen molar-refractivity contribution in [3.63, 3.8) is 0 Å². The number of likely N-dealkylation sites (N-methyl/N-ethyl adjacent to an activating group) is 1. The van der Waals surface area contributed by atoms with Crippen LogP contribution in [0.1, 0.15) is 17.5 Å². The Morgan fingerprint density at radius 1 is 1.33 bits per heavy atom. The van der Waals surface area contributed by atoms with E-state index in [-0.39, 0.29) is 0 Å². The SMILES string of the molecule is Cc1ccc(N2CCN(C)CC2CC#N)c(C)c1. The maximum Gasteiger partial charge on any atom is 0.0643 e. The highest BCUT2D eigenvalue weighted by atomic mass is 15.3. The third-order valence-corrected chi connectivity index (χ3v) is 3.67. The Kier molecular flexibility index (Phi) is 3.88. The van der Waals surface area contributed by atoms with Gasteiger partial charge in [0, 0.05) is 25.3 Å². The minimum absolute atomic E-state index is 0.315. The quantitative estimate of drug-likeness (QED) is 0.798. The summed E-state index contributed by atoms with van der Waals surface area (Å²) in [7, 11) is 2.13. The highest BCUT2D eigenvalue weighted by Gasteiger charge is 2.25. The average Bonchev–Trinajstić information content (AvgIpc) is 2.31. The van der Waals surface area contributed by atoms with Gasteiger partial charge < -0.3 is 9.80 Å². The first-order valence-corrected chi connectivity index (χ1v) is 6.51. The van der Waals surface area contributed by atoms with Crippen molar-refractivity contribution in [1.82, 2.24) is 4.90 Å². The minimum Gasteiger partial charge on any atom is -0.365 e. The number of anilines is 1. The fourth-order valence-corrected chi connectivity index (χ4v) is 2.74. The lowest BCUT2D eigenvalue weighted by molar-refractivity contribution is 0.268. The van der Waals surface area contributed by atoms with Crippen molar-refractivity contribution in [2.24, 2.45) is 0 Å². The zero-order valence-electron chi connectivity index (χ0n) is 11.5. The lowest BCUT2D eigenvalue weighted by Gasteiger charge is -2.41. The predicted molar refractivity (Wildman–Crippen MR) is 74.8 cm³/mol. The highest BCUT2D eigenvalue weighted by Crippen LogP contribution is 2.26. The van der Waals surface area contributed by atoms with Crippen LogP contribution in [0, 0.1) is 25.2 Å². The van der Waals surface area contributed by atoms with Gasteiger partial charge in [0.05, 0.1) is 18.5 Å². The summed E-state index contributed by atoms with van der Waals surface area (Å²) in [4.78, 5) is 4.71. The van der Waals surface area contributed by atoms with Gasteiger partial charge in [-0.3, -0.25) is 0 Å². The lowest BCUT2D eigenvalue weighted by Crippen LogP contribution is -2.52. The molecule has 0 bridgehead atoms. The molecule has 0 amide bonds. The molecule has 1 aromatic carbocycles. The number of rotatable bonds is 2. The number of nitrogens with zero attached hydrogens (tertiary/aromatic N) is 3. The molecule has 2 rings (SSSR count). The number of hydrogen-bond donors (Lipinski definition) is 0. The molecule has 1 aliphatic heterocycles. The van der Waals surface area contributed by atoms with E-state index in [1.54, 1.807) is 0 Å². The number of piperazine rings is 1. The van der Waals surface area contributed by atoms with Crippen LogP contribution in [0.2, 0.25) is 0 Å². The van der Waals surface area contributed by atoms with Crippen molar-refractivity contribution in [2.75, 3.05) is 31.6 Å². The molecule has 1 fully saturated rings. The molecule has 1 unspecified atom stereocenters. The van der Waals surface area contributed by atoms with Crippen LogP contribution in [-0.2, 0) is 0 Å². The summed E-state index contributed by atoms with van der Waals surface area (Å²) in [5, 5.41) is 8.99. The second kappa shape index (κ2) is 5.41. The van der Waals surface area contributed by atoms with Crippen LogP contribution in [0.25, 0.3) is 0 Å². The predicted octanol–water partition coefficient (Wildman–Crippen LogP) is 2.34. The second-order valence-corrected chi connectivity index (χ2v) is 5.26. The van der Waals surface area contributed by atoms with Crippen molar-refractivity contribution in [3.05, 3.63) is 29.3 Å². The molecule has 96 valence electrons. The largest absolute Gasteiger partial charge is 0.365 e. The molecular formula is C15H21N3. The Morgan fingerprint density at radius 3 is 2.78 bits per heavy atom. The van der Waals surface area contributed by atoms with E-state index in [9.17, 15) is 0 Å². The Morgan fingerprint density at radius 2 is 2.11 bits per heavy atom. The van der Waals surface area contributed by atoms with Gasteiger partial charge in [0.1, 0.15) is 0 Å². The first-order chi connectivity index (χ1) is 8.61.